The van der Waals surface area contributed by atoms with Crippen molar-refractivity contribution in [3.05, 3.63) is 22.5 Å². The molecular weight excluding hydrogens is 470 g/mol. The van der Waals surface area contributed by atoms with Crippen molar-refractivity contribution in [1.29, 1.82) is 0 Å². The molecule has 0 amide bonds. The van der Waals surface area contributed by atoms with E-state index in [2.05, 4.69) is 18.1 Å². The van der Waals surface area contributed by atoms with Gasteiger partial charge in [0, 0.05) is 6.42 Å². The molecule has 20 heteroatoms. The highest BCUT2D eigenvalue weighted by Gasteiger charge is 2.43. The van der Waals surface area contributed by atoms with E-state index in [9.17, 15) is 32.9 Å². The highest BCUT2D eigenvalue weighted by atomic mass is 31.3. The molecule has 0 aliphatic carbocycles. The fraction of sp³-hybridized carbons (Fsp3) is 0.556. The number of phosphoric ester groups is 1. The molecule has 1 aliphatic rings. The lowest BCUT2D eigenvalue weighted by molar-refractivity contribution is -0.0452. The Balaban J connectivity index is 2.02. The fourth-order valence-corrected chi connectivity index (χ4v) is 5.20. The van der Waals surface area contributed by atoms with Crippen LogP contribution in [0.4, 0.5) is 10.2 Å². The minimum Gasteiger partial charge on any atom is -0.390 e. The van der Waals surface area contributed by atoms with Crippen molar-refractivity contribution in [3.8, 4) is 0 Å². The Hall–Kier alpha value is -1.06. The number of hydrogen-bond acceptors (Lipinski definition) is 11. The zero-order chi connectivity index (χ0) is 22.2. The van der Waals surface area contributed by atoms with Crippen LogP contribution in [0.2, 0.25) is 0 Å². The average molecular weight is 485 g/mol. The number of nitrogen functional groups attached to an aromatic ring is 1. The molecule has 5 atom stereocenters. The summed E-state index contributed by atoms with van der Waals surface area (Å²) < 4.78 is 64.1. The lowest BCUT2D eigenvalue weighted by Crippen LogP contribution is -2.29. The van der Waals surface area contributed by atoms with Gasteiger partial charge in [0.15, 0.2) is 11.6 Å². The zero-order valence-corrected chi connectivity index (χ0v) is 16.6. The van der Waals surface area contributed by atoms with E-state index in [0.29, 0.717) is 10.8 Å². The molecular formula is C9H15FN3O13P3. The molecule has 1 aliphatic heterocycles. The second-order valence-electron chi connectivity index (χ2n) is 5.48. The molecule has 16 nitrogen and oxygen atoms in total. The topological polar surface area (TPSA) is 250 Å². The summed E-state index contributed by atoms with van der Waals surface area (Å²) in [6.45, 7) is -0.943. The maximum atomic E-state index is 13.5. The van der Waals surface area contributed by atoms with Crippen LogP contribution in [0.15, 0.2) is 11.0 Å². The Bertz CT molecular complexity index is 965. The lowest BCUT2D eigenvalue weighted by atomic mass is 10.2. The van der Waals surface area contributed by atoms with Crippen molar-refractivity contribution >= 4 is 29.3 Å². The summed E-state index contributed by atoms with van der Waals surface area (Å²) in [6, 6.07) is 0. The van der Waals surface area contributed by atoms with E-state index in [1.807, 2.05) is 0 Å². The number of phosphoric acid groups is 3. The van der Waals surface area contributed by atoms with Gasteiger partial charge < -0.3 is 35.2 Å². The van der Waals surface area contributed by atoms with Gasteiger partial charge in [-0.15, -0.1) is 0 Å². The first kappa shape index (κ1) is 24.2. The van der Waals surface area contributed by atoms with Crippen LogP contribution < -0.4 is 11.4 Å². The third-order valence-electron chi connectivity index (χ3n) is 3.27. The van der Waals surface area contributed by atoms with Crippen molar-refractivity contribution in [3.63, 3.8) is 0 Å². The summed E-state index contributed by atoms with van der Waals surface area (Å²) in [5.41, 5.74) is 4.14. The monoisotopic (exact) mass is 485 g/mol. The van der Waals surface area contributed by atoms with Crippen molar-refractivity contribution in [2.45, 2.75) is 24.9 Å². The van der Waals surface area contributed by atoms with Gasteiger partial charge in [0.05, 0.1) is 18.9 Å². The number of ether oxygens (including phenoxy) is 1. The molecule has 2 rings (SSSR count). The number of aliphatic hydroxyl groups is 1. The van der Waals surface area contributed by atoms with Crippen LogP contribution >= 0.6 is 23.5 Å². The maximum Gasteiger partial charge on any atom is 0.490 e. The maximum absolute atomic E-state index is 13.5. The molecule has 1 aromatic rings. The van der Waals surface area contributed by atoms with Gasteiger partial charge >= 0.3 is 29.2 Å². The Morgan fingerprint density at radius 3 is 2.45 bits per heavy atom. The molecule has 0 aromatic carbocycles. The molecule has 1 fully saturated rings. The predicted octanol–water partition coefficient (Wildman–Crippen LogP) is -1.04. The lowest BCUT2D eigenvalue weighted by Gasteiger charge is -2.19. The Kier molecular flexibility index (Phi) is 7.17. The van der Waals surface area contributed by atoms with Gasteiger partial charge in [-0.05, 0) is 0 Å². The van der Waals surface area contributed by atoms with Crippen LogP contribution in [0, 0.1) is 5.82 Å². The third-order valence-corrected chi connectivity index (χ3v) is 7.07. The second-order valence-corrected chi connectivity index (χ2v) is 9.90. The van der Waals surface area contributed by atoms with Gasteiger partial charge in [0.1, 0.15) is 12.3 Å². The predicted molar refractivity (Wildman–Crippen MR) is 87.2 cm³/mol. The van der Waals surface area contributed by atoms with Gasteiger partial charge in [-0.3, -0.25) is 9.09 Å². The number of aromatic nitrogens is 2. The van der Waals surface area contributed by atoms with Gasteiger partial charge in [-0.2, -0.15) is 13.6 Å². The first-order chi connectivity index (χ1) is 13.1. The molecule has 0 bridgehead atoms. The van der Waals surface area contributed by atoms with E-state index in [1.165, 1.54) is 0 Å². The van der Waals surface area contributed by atoms with Gasteiger partial charge in [-0.1, -0.05) is 0 Å². The zero-order valence-electron chi connectivity index (χ0n) is 13.9. The number of nitrogens with two attached hydrogens (primary N) is 1. The molecule has 2 heterocycles. The molecule has 166 valence electrons. The van der Waals surface area contributed by atoms with E-state index < -0.39 is 65.8 Å². The number of aliphatic hydroxyl groups excluding tert-OH is 1. The number of nitrogens with zero attached hydrogens (tertiary/aromatic N) is 2. The number of halogens is 1. The Morgan fingerprint density at radius 2 is 1.86 bits per heavy atom. The van der Waals surface area contributed by atoms with Crippen LogP contribution in [0.5, 0.6) is 0 Å². The fourth-order valence-electron chi connectivity index (χ4n) is 2.17. The number of rotatable bonds is 8. The van der Waals surface area contributed by atoms with Gasteiger partial charge in [0.25, 0.3) is 0 Å². The van der Waals surface area contributed by atoms with Gasteiger partial charge in [0.2, 0.25) is 0 Å². The van der Waals surface area contributed by atoms with Crippen LogP contribution in [-0.2, 0) is 31.6 Å². The minimum atomic E-state index is -5.70. The summed E-state index contributed by atoms with van der Waals surface area (Å²) in [7, 11) is -16.7. The van der Waals surface area contributed by atoms with Crippen LogP contribution in [0.3, 0.4) is 0 Å². The van der Waals surface area contributed by atoms with E-state index in [-0.39, 0.29) is 6.42 Å². The molecule has 29 heavy (non-hydrogen) atoms. The summed E-state index contributed by atoms with van der Waals surface area (Å²) >= 11 is 0. The molecule has 0 spiro atoms. The largest absolute Gasteiger partial charge is 0.490 e. The van der Waals surface area contributed by atoms with Gasteiger partial charge in [-0.25, -0.2) is 22.9 Å². The normalized spacial score (nSPS) is 26.8. The summed E-state index contributed by atoms with van der Waals surface area (Å²) in [5, 5.41) is 9.91. The highest BCUT2D eigenvalue weighted by molar-refractivity contribution is 7.66. The van der Waals surface area contributed by atoms with Crippen LogP contribution in [0.1, 0.15) is 12.6 Å². The van der Waals surface area contributed by atoms with Crippen molar-refractivity contribution in [1.82, 2.24) is 9.55 Å². The first-order valence-electron chi connectivity index (χ1n) is 7.24. The molecule has 2 unspecified atom stereocenters. The second kappa shape index (κ2) is 8.59. The van der Waals surface area contributed by atoms with Crippen molar-refractivity contribution in [2.75, 3.05) is 12.3 Å². The van der Waals surface area contributed by atoms with Crippen LogP contribution in [-0.4, -0.2) is 53.0 Å². The highest BCUT2D eigenvalue weighted by Crippen LogP contribution is 2.66. The third kappa shape index (κ3) is 7.00. The molecule has 1 aromatic heterocycles. The molecule has 7 N–H and O–H groups in total. The minimum absolute atomic E-state index is 0.296. The molecule has 0 radical (unpaired) electrons. The SMILES string of the molecule is Nc1nc(=O)n([C@H]2C[C@H](O)[C@@H](COP(=O)(O)OP(=O)(O)OP(=O)(O)O)O2)cc1F. The standard InChI is InChI=1S/C9H15FN3O13P3/c10-4-2-13(9(15)12-8(4)11)7-1-5(14)6(24-7)3-23-28(19,20)26-29(21,22)25-27(16,17)18/h2,5-7,14H,1,3H2,(H,19,20)(H,21,22)(H2,11,12,15)(H2,16,17,18)/t5-,6+,7+/m0/s1. The number of anilines is 1. The first-order valence-corrected chi connectivity index (χ1v) is 11.8. The van der Waals surface area contributed by atoms with E-state index in [0.717, 1.165) is 0 Å². The van der Waals surface area contributed by atoms with E-state index in [4.69, 9.17) is 25.2 Å². The Labute approximate surface area is 160 Å². The number of hydrogen-bond donors (Lipinski definition) is 6. The Morgan fingerprint density at radius 1 is 1.24 bits per heavy atom. The van der Waals surface area contributed by atoms with E-state index in [1.54, 1.807) is 0 Å². The van der Waals surface area contributed by atoms with Crippen molar-refractivity contribution in [2.24, 2.45) is 0 Å². The van der Waals surface area contributed by atoms with Crippen molar-refractivity contribution < 1.29 is 60.6 Å². The summed E-state index contributed by atoms with van der Waals surface area (Å²) in [4.78, 5) is 50.2. The average Bonchev–Trinajstić information content (AvgIpc) is 2.86. The molecule has 0 saturated carbocycles. The summed E-state index contributed by atoms with van der Waals surface area (Å²) in [6.07, 6.45) is -3.67. The quantitative estimate of drug-likeness (QED) is 0.240. The summed E-state index contributed by atoms with van der Waals surface area (Å²) in [5.74, 6) is -1.70. The molecule has 1 saturated heterocycles. The smallest absolute Gasteiger partial charge is 0.390 e. The van der Waals surface area contributed by atoms with E-state index >= 15 is 0 Å². The van der Waals surface area contributed by atoms with Crippen LogP contribution in [0.25, 0.3) is 0 Å².